The highest BCUT2D eigenvalue weighted by Gasteiger charge is 2.14. The number of imidazole rings is 1. The number of nitrogens with one attached hydrogen (secondary N) is 1. The van der Waals surface area contributed by atoms with Gasteiger partial charge in [-0.05, 0) is 12.1 Å². The van der Waals surface area contributed by atoms with Gasteiger partial charge in [0.15, 0.2) is 0 Å². The lowest BCUT2D eigenvalue weighted by Gasteiger charge is -2.06. The van der Waals surface area contributed by atoms with Gasteiger partial charge >= 0.3 is 5.97 Å². The predicted molar refractivity (Wildman–Crippen MR) is 76.2 cm³/mol. The van der Waals surface area contributed by atoms with Crippen LogP contribution in [0.4, 0.5) is 0 Å². The Balaban J connectivity index is 2.60. The summed E-state index contributed by atoms with van der Waals surface area (Å²) in [5.41, 5.74) is 2.12. The highest BCUT2D eigenvalue weighted by Crippen LogP contribution is 2.14. The Morgan fingerprint density at radius 3 is 2.47 bits per heavy atom. The number of nitrogens with zero attached hydrogens (tertiary/aromatic N) is 2. The van der Waals surface area contributed by atoms with Crippen LogP contribution in [0.1, 0.15) is 6.92 Å². The number of rotatable bonds is 4. The summed E-state index contributed by atoms with van der Waals surface area (Å²) in [6, 6.07) is 7.69. The second kappa shape index (κ2) is 5.61. The van der Waals surface area contributed by atoms with Crippen LogP contribution in [-0.4, -0.2) is 27.0 Å². The molecule has 5 nitrogen and oxygen atoms in total. The molecule has 1 atom stereocenters. The first-order valence-corrected chi connectivity index (χ1v) is 6.89. The number of carbonyl (C=O) groups is 1. The van der Waals surface area contributed by atoms with Crippen molar-refractivity contribution in [3.8, 4) is 0 Å². The summed E-state index contributed by atoms with van der Waals surface area (Å²) in [5, 5.41) is 8.23. The minimum absolute atomic E-state index is 0.0551. The normalized spacial score (nSPS) is 12.6. The fourth-order valence-corrected chi connectivity index (χ4v) is 2.37. The zero-order valence-electron chi connectivity index (χ0n) is 10.9. The maximum Gasteiger partial charge on any atom is 0.325 e. The second-order valence-electron chi connectivity index (χ2n) is 4.37. The summed E-state index contributed by atoms with van der Waals surface area (Å²) in [6.07, 6.45) is 0. The van der Waals surface area contributed by atoms with E-state index < -0.39 is 0 Å². The van der Waals surface area contributed by atoms with Gasteiger partial charge < -0.3 is 9.30 Å². The number of hydrogen-bond donors (Lipinski definition) is 1. The molecule has 0 bridgehead atoms. The van der Waals surface area contributed by atoms with Crippen LogP contribution in [0, 0.1) is 5.41 Å². The summed E-state index contributed by atoms with van der Waals surface area (Å²) in [4.78, 5) is 11.7. The Bertz CT molecular complexity index is 657. The SMILES string of the molecule is COC(=O)Cn1c(=N)n(C[C@@H](C)Br)c2ccccc21. The molecule has 1 heterocycles. The van der Waals surface area contributed by atoms with E-state index >= 15 is 0 Å². The molecule has 2 rings (SSSR count). The van der Waals surface area contributed by atoms with Crippen molar-refractivity contribution in [2.45, 2.75) is 24.8 Å². The molecule has 0 amide bonds. The van der Waals surface area contributed by atoms with Crippen LogP contribution in [-0.2, 0) is 22.6 Å². The second-order valence-corrected chi connectivity index (χ2v) is 5.93. The molecule has 0 radical (unpaired) electrons. The molecule has 19 heavy (non-hydrogen) atoms. The van der Waals surface area contributed by atoms with Crippen LogP contribution in [0.2, 0.25) is 0 Å². The number of alkyl halides is 1. The monoisotopic (exact) mass is 325 g/mol. The summed E-state index contributed by atoms with van der Waals surface area (Å²) >= 11 is 3.50. The maximum absolute atomic E-state index is 11.5. The molecule has 0 aliphatic heterocycles. The van der Waals surface area contributed by atoms with Crippen LogP contribution in [0.3, 0.4) is 0 Å². The maximum atomic E-state index is 11.5. The van der Waals surface area contributed by atoms with Gasteiger partial charge in [-0.1, -0.05) is 35.0 Å². The molecule has 0 aliphatic carbocycles. The molecule has 2 aromatic rings. The van der Waals surface area contributed by atoms with Crippen molar-refractivity contribution in [3.05, 3.63) is 29.9 Å². The predicted octanol–water partition coefficient (Wildman–Crippen LogP) is 1.88. The Morgan fingerprint density at radius 1 is 1.37 bits per heavy atom. The molecule has 1 aromatic carbocycles. The highest BCUT2D eigenvalue weighted by atomic mass is 79.9. The topological polar surface area (TPSA) is 60.0 Å². The number of halogens is 1. The minimum atomic E-state index is -0.353. The number of carbonyl (C=O) groups excluding carboxylic acids is 1. The van der Waals surface area contributed by atoms with Crippen LogP contribution in [0.5, 0.6) is 0 Å². The fraction of sp³-hybridized carbons (Fsp3) is 0.385. The standard InChI is InChI=1S/C13H16BrN3O2/c1-9(14)7-16-10-5-3-4-6-11(10)17(13(16)15)8-12(18)19-2/h3-6,9,15H,7-8H2,1-2H3/t9-/m1/s1. The zero-order valence-corrected chi connectivity index (χ0v) is 12.5. The Labute approximate surface area is 119 Å². The molecule has 0 spiro atoms. The van der Waals surface area contributed by atoms with Crippen LogP contribution >= 0.6 is 15.9 Å². The van der Waals surface area contributed by atoms with E-state index in [1.165, 1.54) is 7.11 Å². The lowest BCUT2D eigenvalue weighted by Crippen LogP contribution is -2.29. The molecule has 0 fully saturated rings. The average molecular weight is 326 g/mol. The van der Waals surface area contributed by atoms with E-state index in [1.807, 2.05) is 35.8 Å². The molecule has 0 saturated heterocycles. The van der Waals surface area contributed by atoms with E-state index in [9.17, 15) is 4.79 Å². The van der Waals surface area contributed by atoms with Gasteiger partial charge in [0.1, 0.15) is 6.54 Å². The van der Waals surface area contributed by atoms with Gasteiger partial charge in [0, 0.05) is 11.4 Å². The Hall–Kier alpha value is -1.56. The molecular weight excluding hydrogens is 310 g/mol. The molecule has 102 valence electrons. The van der Waals surface area contributed by atoms with E-state index in [-0.39, 0.29) is 17.3 Å². The first-order chi connectivity index (χ1) is 9.04. The number of para-hydroxylation sites is 2. The smallest absolute Gasteiger partial charge is 0.325 e. The summed E-state index contributed by atoms with van der Waals surface area (Å²) in [5.74, 6) is -0.353. The van der Waals surface area contributed by atoms with Crippen LogP contribution in [0.25, 0.3) is 11.0 Å². The quantitative estimate of drug-likeness (QED) is 0.689. The van der Waals surface area contributed by atoms with Crippen molar-refractivity contribution in [2.24, 2.45) is 0 Å². The van der Waals surface area contributed by atoms with Gasteiger partial charge in [-0.2, -0.15) is 0 Å². The van der Waals surface area contributed by atoms with Gasteiger partial charge in [0.25, 0.3) is 0 Å². The van der Waals surface area contributed by atoms with E-state index in [0.29, 0.717) is 12.2 Å². The minimum Gasteiger partial charge on any atom is -0.468 e. The van der Waals surface area contributed by atoms with Gasteiger partial charge in [0.2, 0.25) is 5.62 Å². The Kier molecular flexibility index (Phi) is 4.09. The van der Waals surface area contributed by atoms with Crippen molar-refractivity contribution < 1.29 is 9.53 Å². The number of hydrogen-bond acceptors (Lipinski definition) is 3. The number of ether oxygens (including phenoxy) is 1. The number of esters is 1. The molecular formula is C13H16BrN3O2. The molecule has 0 aliphatic rings. The van der Waals surface area contributed by atoms with Crippen LogP contribution in [0.15, 0.2) is 24.3 Å². The molecule has 0 unspecified atom stereocenters. The van der Waals surface area contributed by atoms with E-state index in [2.05, 4.69) is 20.7 Å². The molecule has 0 saturated carbocycles. The first-order valence-electron chi connectivity index (χ1n) is 5.98. The molecule has 6 heteroatoms. The van der Waals surface area contributed by atoms with Crippen molar-refractivity contribution in [2.75, 3.05) is 7.11 Å². The summed E-state index contributed by atoms with van der Waals surface area (Å²) in [7, 11) is 1.35. The zero-order chi connectivity index (χ0) is 14.0. The number of fused-ring (bicyclic) bond motifs is 1. The third-order valence-corrected chi connectivity index (χ3v) is 3.21. The number of benzene rings is 1. The summed E-state index contributed by atoms with van der Waals surface area (Å²) < 4.78 is 8.24. The van der Waals surface area contributed by atoms with Crippen molar-refractivity contribution in [1.29, 1.82) is 5.41 Å². The number of aromatic nitrogens is 2. The van der Waals surface area contributed by atoms with E-state index in [4.69, 9.17) is 5.41 Å². The Morgan fingerprint density at radius 2 is 1.95 bits per heavy atom. The van der Waals surface area contributed by atoms with E-state index in [0.717, 1.165) is 11.0 Å². The van der Waals surface area contributed by atoms with Crippen molar-refractivity contribution in [3.63, 3.8) is 0 Å². The highest BCUT2D eigenvalue weighted by molar-refractivity contribution is 9.09. The van der Waals surface area contributed by atoms with Crippen LogP contribution < -0.4 is 5.62 Å². The largest absolute Gasteiger partial charge is 0.468 e. The lowest BCUT2D eigenvalue weighted by atomic mass is 10.3. The first kappa shape index (κ1) is 13.9. The summed E-state index contributed by atoms with van der Waals surface area (Å²) in [6.45, 7) is 2.76. The van der Waals surface area contributed by atoms with Crippen molar-refractivity contribution >= 4 is 32.9 Å². The number of methoxy groups -OCH3 is 1. The van der Waals surface area contributed by atoms with Crippen molar-refractivity contribution in [1.82, 2.24) is 9.13 Å². The molecule has 1 aromatic heterocycles. The third-order valence-electron chi connectivity index (χ3n) is 2.92. The fourth-order valence-electron chi connectivity index (χ4n) is 2.08. The lowest BCUT2D eigenvalue weighted by molar-refractivity contribution is -0.141. The van der Waals surface area contributed by atoms with Gasteiger partial charge in [-0.15, -0.1) is 0 Å². The molecule has 1 N–H and O–H groups in total. The average Bonchev–Trinajstić information content (AvgIpc) is 2.64. The third kappa shape index (κ3) is 2.73. The van der Waals surface area contributed by atoms with Gasteiger partial charge in [0.05, 0.1) is 18.1 Å². The van der Waals surface area contributed by atoms with E-state index in [1.54, 1.807) is 4.57 Å². The van der Waals surface area contributed by atoms with Gasteiger partial charge in [-0.3, -0.25) is 14.8 Å². The van der Waals surface area contributed by atoms with Gasteiger partial charge in [-0.25, -0.2) is 0 Å².